The molecule has 1 heterocycles. The van der Waals surface area contributed by atoms with Crippen molar-refractivity contribution in [3.8, 4) is 0 Å². The highest BCUT2D eigenvalue weighted by Gasteiger charge is 2.11. The number of H-pyrrole nitrogens is 1. The highest BCUT2D eigenvalue weighted by atomic mass is 14.9. The molecule has 1 N–H and O–H groups in total. The van der Waals surface area contributed by atoms with Gasteiger partial charge < -0.3 is 4.98 Å². The molecule has 0 fully saturated rings. The number of aromatic amines is 1. The van der Waals surface area contributed by atoms with E-state index < -0.39 is 0 Å². The van der Waals surface area contributed by atoms with Crippen LogP contribution in [0.25, 0.3) is 11.0 Å². The second-order valence-corrected chi connectivity index (χ2v) is 4.99. The average Bonchev–Trinajstić information content (AvgIpc) is 2.47. The predicted molar refractivity (Wildman–Crippen MR) is 59.3 cm³/mol. The van der Waals surface area contributed by atoms with E-state index in [0.29, 0.717) is 5.41 Å². The van der Waals surface area contributed by atoms with E-state index >= 15 is 0 Å². The van der Waals surface area contributed by atoms with Gasteiger partial charge in [-0.2, -0.15) is 0 Å². The van der Waals surface area contributed by atoms with E-state index in [-0.39, 0.29) is 0 Å². The van der Waals surface area contributed by atoms with Gasteiger partial charge in [0.1, 0.15) is 0 Å². The molecule has 0 aliphatic rings. The smallest absolute Gasteiger partial charge is 0.0931 e. The van der Waals surface area contributed by atoms with Crippen molar-refractivity contribution in [1.29, 1.82) is 0 Å². The van der Waals surface area contributed by atoms with Crippen LogP contribution in [0.3, 0.4) is 0 Å². The van der Waals surface area contributed by atoms with Crippen LogP contribution in [-0.4, -0.2) is 9.97 Å². The first-order chi connectivity index (χ1) is 6.54. The Hall–Kier alpha value is -1.31. The summed E-state index contributed by atoms with van der Waals surface area (Å²) in [5, 5.41) is 0. The van der Waals surface area contributed by atoms with Crippen molar-refractivity contribution in [2.45, 2.75) is 27.2 Å². The molecule has 0 saturated carbocycles. The van der Waals surface area contributed by atoms with Crippen molar-refractivity contribution >= 4 is 11.0 Å². The number of hydrogen-bond acceptors (Lipinski definition) is 1. The van der Waals surface area contributed by atoms with Crippen molar-refractivity contribution < 1.29 is 0 Å². The predicted octanol–water partition coefficient (Wildman–Crippen LogP) is 3.15. The Bertz CT molecular complexity index is 435. The van der Waals surface area contributed by atoms with Crippen LogP contribution in [-0.2, 0) is 6.42 Å². The number of nitrogens with one attached hydrogen (secondary N) is 1. The molecular weight excluding hydrogens is 172 g/mol. The molecule has 2 heteroatoms. The number of rotatable bonds is 1. The lowest BCUT2D eigenvalue weighted by Crippen LogP contribution is -2.08. The number of benzene rings is 1. The topological polar surface area (TPSA) is 28.7 Å². The van der Waals surface area contributed by atoms with Crippen LogP contribution >= 0.6 is 0 Å². The Balaban J connectivity index is 2.35. The summed E-state index contributed by atoms with van der Waals surface area (Å²) in [4.78, 5) is 7.34. The van der Waals surface area contributed by atoms with Gasteiger partial charge in [0.2, 0.25) is 0 Å². The van der Waals surface area contributed by atoms with E-state index in [9.17, 15) is 0 Å². The number of fused-ring (bicyclic) bond motifs is 1. The van der Waals surface area contributed by atoms with Gasteiger partial charge in [-0.1, -0.05) is 26.8 Å². The molecule has 0 amide bonds. The van der Waals surface area contributed by atoms with Crippen molar-refractivity contribution in [3.05, 3.63) is 30.1 Å². The number of hydrogen-bond donors (Lipinski definition) is 1. The second kappa shape index (κ2) is 3.12. The fraction of sp³-hybridized carbons (Fsp3) is 0.417. The van der Waals surface area contributed by atoms with Crippen LogP contribution in [0.1, 0.15) is 26.3 Å². The zero-order valence-corrected chi connectivity index (χ0v) is 8.96. The zero-order chi connectivity index (χ0) is 10.2. The summed E-state index contributed by atoms with van der Waals surface area (Å²) >= 11 is 0. The molecule has 74 valence electrons. The molecule has 2 aromatic rings. The molecule has 1 aromatic heterocycles. The average molecular weight is 188 g/mol. The quantitative estimate of drug-likeness (QED) is 0.731. The van der Waals surface area contributed by atoms with E-state index in [2.05, 4.69) is 48.9 Å². The molecule has 0 spiro atoms. The minimum atomic E-state index is 0.341. The van der Waals surface area contributed by atoms with Gasteiger partial charge in [-0.15, -0.1) is 0 Å². The maximum Gasteiger partial charge on any atom is 0.0931 e. The second-order valence-electron chi connectivity index (χ2n) is 4.99. The largest absolute Gasteiger partial charge is 0.345 e. The third-order valence-electron chi connectivity index (χ3n) is 2.22. The molecule has 2 nitrogen and oxygen atoms in total. The van der Waals surface area contributed by atoms with Crippen LogP contribution in [0, 0.1) is 5.41 Å². The summed E-state index contributed by atoms with van der Waals surface area (Å²) in [7, 11) is 0. The highest BCUT2D eigenvalue weighted by Crippen LogP contribution is 2.22. The Kier molecular flexibility index (Phi) is 2.06. The fourth-order valence-corrected chi connectivity index (χ4v) is 1.71. The SMILES string of the molecule is CC(C)(C)Cc1ccc2nc[nH]c2c1. The van der Waals surface area contributed by atoms with Gasteiger partial charge in [0.05, 0.1) is 17.4 Å². The summed E-state index contributed by atoms with van der Waals surface area (Å²) in [6, 6.07) is 6.43. The van der Waals surface area contributed by atoms with Crippen LogP contribution in [0.5, 0.6) is 0 Å². The van der Waals surface area contributed by atoms with Crippen LogP contribution in [0.4, 0.5) is 0 Å². The third kappa shape index (κ3) is 1.95. The van der Waals surface area contributed by atoms with Gasteiger partial charge in [0, 0.05) is 0 Å². The van der Waals surface area contributed by atoms with Crippen LogP contribution < -0.4 is 0 Å². The van der Waals surface area contributed by atoms with Crippen LogP contribution in [0.15, 0.2) is 24.5 Å². The van der Waals surface area contributed by atoms with Gasteiger partial charge in [-0.25, -0.2) is 4.98 Å². The minimum absolute atomic E-state index is 0.341. The van der Waals surface area contributed by atoms with Crippen LogP contribution in [0.2, 0.25) is 0 Å². The van der Waals surface area contributed by atoms with Gasteiger partial charge in [-0.3, -0.25) is 0 Å². The summed E-state index contributed by atoms with van der Waals surface area (Å²) in [6.07, 6.45) is 2.84. The third-order valence-corrected chi connectivity index (χ3v) is 2.22. The summed E-state index contributed by atoms with van der Waals surface area (Å²) in [6.45, 7) is 6.76. The fourth-order valence-electron chi connectivity index (χ4n) is 1.71. The summed E-state index contributed by atoms with van der Waals surface area (Å²) in [5.74, 6) is 0. The van der Waals surface area contributed by atoms with E-state index in [1.165, 1.54) is 5.56 Å². The standard InChI is InChI=1S/C12H16N2/c1-12(2,3)7-9-4-5-10-11(6-9)14-8-13-10/h4-6,8H,7H2,1-3H3,(H,13,14). The van der Waals surface area contributed by atoms with E-state index in [1.807, 2.05) is 0 Å². The van der Waals surface area contributed by atoms with Gasteiger partial charge in [-0.05, 0) is 29.5 Å². The normalized spacial score (nSPS) is 12.2. The Labute approximate surface area is 84.4 Å². The maximum absolute atomic E-state index is 4.20. The molecule has 0 atom stereocenters. The van der Waals surface area contributed by atoms with E-state index in [4.69, 9.17) is 0 Å². The minimum Gasteiger partial charge on any atom is -0.345 e. The van der Waals surface area contributed by atoms with Crippen molar-refractivity contribution in [2.24, 2.45) is 5.41 Å². The lowest BCUT2D eigenvalue weighted by molar-refractivity contribution is 0.411. The van der Waals surface area contributed by atoms with E-state index in [0.717, 1.165) is 17.5 Å². The molecule has 0 unspecified atom stereocenters. The first kappa shape index (κ1) is 9.25. The Morgan fingerprint density at radius 2 is 2.07 bits per heavy atom. The Morgan fingerprint density at radius 3 is 2.79 bits per heavy atom. The maximum atomic E-state index is 4.20. The van der Waals surface area contributed by atoms with Gasteiger partial charge >= 0.3 is 0 Å². The zero-order valence-electron chi connectivity index (χ0n) is 8.96. The molecule has 0 aliphatic heterocycles. The lowest BCUT2D eigenvalue weighted by atomic mass is 9.88. The van der Waals surface area contributed by atoms with Crippen molar-refractivity contribution in [3.63, 3.8) is 0 Å². The van der Waals surface area contributed by atoms with Crippen molar-refractivity contribution in [2.75, 3.05) is 0 Å². The lowest BCUT2D eigenvalue weighted by Gasteiger charge is -2.17. The molecule has 0 radical (unpaired) electrons. The molecule has 2 rings (SSSR count). The molecule has 0 saturated heterocycles. The summed E-state index contributed by atoms with van der Waals surface area (Å²) in [5.41, 5.74) is 3.89. The van der Waals surface area contributed by atoms with Gasteiger partial charge in [0.25, 0.3) is 0 Å². The highest BCUT2D eigenvalue weighted by molar-refractivity contribution is 5.75. The molecule has 0 bridgehead atoms. The Morgan fingerprint density at radius 1 is 1.29 bits per heavy atom. The molecular formula is C12H16N2. The number of aromatic nitrogens is 2. The number of imidazole rings is 1. The van der Waals surface area contributed by atoms with E-state index in [1.54, 1.807) is 6.33 Å². The number of nitrogens with zero attached hydrogens (tertiary/aromatic N) is 1. The van der Waals surface area contributed by atoms with Gasteiger partial charge in [0.15, 0.2) is 0 Å². The monoisotopic (exact) mass is 188 g/mol. The van der Waals surface area contributed by atoms with Crippen molar-refractivity contribution in [1.82, 2.24) is 9.97 Å². The molecule has 14 heavy (non-hydrogen) atoms. The first-order valence-electron chi connectivity index (χ1n) is 4.97. The first-order valence-corrected chi connectivity index (χ1v) is 4.97. The molecule has 0 aliphatic carbocycles. The molecule has 1 aromatic carbocycles. The summed E-state index contributed by atoms with van der Waals surface area (Å²) < 4.78 is 0.